The molecular formula is C14H21N3O4. The van der Waals surface area contributed by atoms with Crippen LogP contribution in [0.15, 0.2) is 12.3 Å². The standard InChI is InChI=1S/C14H21N3O4/c1-17(2)9-10-7-12(21-13(15)18)16-8-11(10)14(19)3-5-20-6-4-14/h7-8,19H,3-6,9H2,1-2H3,(H2,15,18). The van der Waals surface area contributed by atoms with E-state index in [1.807, 2.05) is 19.0 Å². The zero-order chi connectivity index (χ0) is 15.5. The van der Waals surface area contributed by atoms with Crippen LogP contribution in [-0.2, 0) is 16.9 Å². The van der Waals surface area contributed by atoms with E-state index in [4.69, 9.17) is 15.2 Å². The summed E-state index contributed by atoms with van der Waals surface area (Å²) in [5.41, 5.74) is 5.65. The fraction of sp³-hybridized carbons (Fsp3) is 0.571. The minimum Gasteiger partial charge on any atom is -0.391 e. The molecule has 1 saturated heterocycles. The van der Waals surface area contributed by atoms with E-state index >= 15 is 0 Å². The Hall–Kier alpha value is -1.70. The summed E-state index contributed by atoms with van der Waals surface area (Å²) in [5.74, 6) is 0.138. The minimum absolute atomic E-state index is 0.138. The van der Waals surface area contributed by atoms with Gasteiger partial charge < -0.3 is 25.2 Å². The molecule has 0 aromatic carbocycles. The molecule has 7 nitrogen and oxygen atoms in total. The molecule has 1 aromatic rings. The first-order valence-corrected chi connectivity index (χ1v) is 6.82. The van der Waals surface area contributed by atoms with Gasteiger partial charge in [-0.15, -0.1) is 0 Å². The van der Waals surface area contributed by atoms with Crippen molar-refractivity contribution in [1.82, 2.24) is 9.88 Å². The number of hydrogen-bond acceptors (Lipinski definition) is 6. The Morgan fingerprint density at radius 1 is 1.52 bits per heavy atom. The third kappa shape index (κ3) is 3.90. The van der Waals surface area contributed by atoms with Gasteiger partial charge in [0.05, 0.1) is 5.60 Å². The van der Waals surface area contributed by atoms with Crippen LogP contribution in [0, 0.1) is 0 Å². The molecule has 1 fully saturated rings. The maximum absolute atomic E-state index is 10.8. The number of aromatic nitrogens is 1. The summed E-state index contributed by atoms with van der Waals surface area (Å²) in [6.07, 6.45) is 1.69. The molecule has 1 aromatic heterocycles. The number of nitrogens with two attached hydrogens (primary N) is 1. The van der Waals surface area contributed by atoms with Gasteiger partial charge in [0.1, 0.15) is 0 Å². The molecule has 2 heterocycles. The quantitative estimate of drug-likeness (QED) is 0.844. The van der Waals surface area contributed by atoms with Crippen LogP contribution in [0.25, 0.3) is 0 Å². The second kappa shape index (κ2) is 6.38. The Kier molecular flexibility index (Phi) is 4.76. The predicted molar refractivity (Wildman–Crippen MR) is 75.8 cm³/mol. The van der Waals surface area contributed by atoms with Crippen LogP contribution in [-0.4, -0.2) is 48.4 Å². The normalized spacial score (nSPS) is 17.7. The van der Waals surface area contributed by atoms with E-state index in [0.29, 0.717) is 32.6 Å². The Morgan fingerprint density at radius 2 is 2.19 bits per heavy atom. The number of hydrogen-bond donors (Lipinski definition) is 2. The monoisotopic (exact) mass is 295 g/mol. The van der Waals surface area contributed by atoms with Gasteiger partial charge in [0, 0.05) is 50.4 Å². The van der Waals surface area contributed by atoms with Crippen molar-refractivity contribution in [3.05, 3.63) is 23.4 Å². The van der Waals surface area contributed by atoms with Crippen LogP contribution in [0.4, 0.5) is 4.79 Å². The second-order valence-electron chi connectivity index (χ2n) is 5.48. The highest BCUT2D eigenvalue weighted by molar-refractivity contribution is 5.67. The fourth-order valence-corrected chi connectivity index (χ4v) is 2.50. The van der Waals surface area contributed by atoms with Gasteiger partial charge >= 0.3 is 6.09 Å². The van der Waals surface area contributed by atoms with Crippen molar-refractivity contribution >= 4 is 6.09 Å². The van der Waals surface area contributed by atoms with Gasteiger partial charge in [0.2, 0.25) is 5.88 Å². The lowest BCUT2D eigenvalue weighted by molar-refractivity contribution is -0.0687. The predicted octanol–water partition coefficient (Wildman–Crippen LogP) is 0.599. The number of ether oxygens (including phenoxy) is 2. The van der Waals surface area contributed by atoms with E-state index < -0.39 is 11.7 Å². The highest BCUT2D eigenvalue weighted by Crippen LogP contribution is 2.35. The molecular weight excluding hydrogens is 274 g/mol. The zero-order valence-corrected chi connectivity index (χ0v) is 12.3. The molecule has 1 aliphatic rings. The summed E-state index contributed by atoms with van der Waals surface area (Å²) in [6, 6.07) is 1.65. The van der Waals surface area contributed by atoms with E-state index in [1.165, 1.54) is 0 Å². The van der Waals surface area contributed by atoms with Crippen LogP contribution in [0.3, 0.4) is 0 Å². The third-order valence-corrected chi connectivity index (χ3v) is 3.48. The van der Waals surface area contributed by atoms with Gasteiger partial charge in [-0.25, -0.2) is 9.78 Å². The van der Waals surface area contributed by atoms with E-state index in [1.54, 1.807) is 12.3 Å². The van der Waals surface area contributed by atoms with Gasteiger partial charge in [-0.3, -0.25) is 0 Å². The second-order valence-corrected chi connectivity index (χ2v) is 5.48. The number of pyridine rings is 1. The molecule has 2 rings (SSSR count). The lowest BCUT2D eigenvalue weighted by Gasteiger charge is -2.34. The van der Waals surface area contributed by atoms with Gasteiger partial charge in [-0.1, -0.05) is 0 Å². The topological polar surface area (TPSA) is 97.9 Å². The molecule has 116 valence electrons. The Bertz CT molecular complexity index is 513. The molecule has 7 heteroatoms. The van der Waals surface area contributed by atoms with E-state index in [2.05, 4.69) is 4.98 Å². The van der Waals surface area contributed by atoms with Gasteiger partial charge in [-0.05, 0) is 19.7 Å². The number of carbonyl (C=O) groups excluding carboxylic acids is 1. The maximum Gasteiger partial charge on any atom is 0.411 e. The van der Waals surface area contributed by atoms with E-state index in [-0.39, 0.29) is 5.88 Å². The number of carbonyl (C=O) groups is 1. The van der Waals surface area contributed by atoms with E-state index in [0.717, 1.165) is 11.1 Å². The largest absolute Gasteiger partial charge is 0.411 e. The van der Waals surface area contributed by atoms with E-state index in [9.17, 15) is 9.90 Å². The summed E-state index contributed by atoms with van der Waals surface area (Å²) >= 11 is 0. The Balaban J connectivity index is 2.36. The SMILES string of the molecule is CN(C)Cc1cc(OC(N)=O)ncc1C1(O)CCOCC1. The molecule has 0 bridgehead atoms. The first-order chi connectivity index (χ1) is 9.90. The molecule has 0 spiro atoms. The molecule has 0 aliphatic carbocycles. The van der Waals surface area contributed by atoms with Crippen molar-refractivity contribution in [2.45, 2.75) is 25.0 Å². The third-order valence-electron chi connectivity index (χ3n) is 3.48. The van der Waals surface area contributed by atoms with Gasteiger partial charge in [0.25, 0.3) is 0 Å². The summed E-state index contributed by atoms with van der Waals surface area (Å²) in [4.78, 5) is 16.9. The number of nitrogens with zero attached hydrogens (tertiary/aromatic N) is 2. The molecule has 21 heavy (non-hydrogen) atoms. The molecule has 3 N–H and O–H groups in total. The summed E-state index contributed by atoms with van der Waals surface area (Å²) < 4.78 is 10.1. The van der Waals surface area contributed by atoms with Crippen LogP contribution in [0.2, 0.25) is 0 Å². The van der Waals surface area contributed by atoms with Gasteiger partial charge in [0.15, 0.2) is 0 Å². The minimum atomic E-state index is -0.957. The number of rotatable bonds is 4. The highest BCUT2D eigenvalue weighted by Gasteiger charge is 2.34. The summed E-state index contributed by atoms with van der Waals surface area (Å²) in [5, 5.41) is 10.8. The van der Waals surface area contributed by atoms with Crippen molar-refractivity contribution in [1.29, 1.82) is 0 Å². The first-order valence-electron chi connectivity index (χ1n) is 6.82. The van der Waals surface area contributed by atoms with Crippen LogP contribution < -0.4 is 10.5 Å². The van der Waals surface area contributed by atoms with Crippen molar-refractivity contribution in [2.24, 2.45) is 5.73 Å². The zero-order valence-electron chi connectivity index (χ0n) is 12.3. The Morgan fingerprint density at radius 3 is 2.76 bits per heavy atom. The van der Waals surface area contributed by atoms with Crippen molar-refractivity contribution < 1.29 is 19.4 Å². The summed E-state index contributed by atoms with van der Waals surface area (Å²) in [7, 11) is 3.85. The lowest BCUT2D eigenvalue weighted by atomic mass is 9.84. The number of aliphatic hydroxyl groups is 1. The molecule has 1 aliphatic heterocycles. The molecule has 0 saturated carbocycles. The van der Waals surface area contributed by atoms with Crippen LogP contribution in [0.1, 0.15) is 24.0 Å². The van der Waals surface area contributed by atoms with Gasteiger partial charge in [-0.2, -0.15) is 0 Å². The first kappa shape index (κ1) is 15.7. The average molecular weight is 295 g/mol. The number of primary amides is 1. The summed E-state index contributed by atoms with van der Waals surface area (Å²) in [6.45, 7) is 1.62. The maximum atomic E-state index is 10.8. The smallest absolute Gasteiger partial charge is 0.391 e. The Labute approximate surface area is 123 Å². The van der Waals surface area contributed by atoms with Crippen LogP contribution >= 0.6 is 0 Å². The fourth-order valence-electron chi connectivity index (χ4n) is 2.50. The molecule has 0 atom stereocenters. The lowest BCUT2D eigenvalue weighted by Crippen LogP contribution is -2.35. The van der Waals surface area contributed by atoms with Crippen molar-refractivity contribution in [3.8, 4) is 5.88 Å². The highest BCUT2D eigenvalue weighted by atomic mass is 16.6. The number of amides is 1. The average Bonchev–Trinajstić information content (AvgIpc) is 2.38. The molecule has 0 radical (unpaired) electrons. The molecule has 1 amide bonds. The van der Waals surface area contributed by atoms with Crippen LogP contribution in [0.5, 0.6) is 5.88 Å². The van der Waals surface area contributed by atoms with Crippen molar-refractivity contribution in [2.75, 3.05) is 27.3 Å². The van der Waals surface area contributed by atoms with Crippen molar-refractivity contribution in [3.63, 3.8) is 0 Å². The molecule has 0 unspecified atom stereocenters.